The van der Waals surface area contributed by atoms with E-state index >= 15 is 0 Å². The molecule has 0 radical (unpaired) electrons. The Morgan fingerprint density at radius 2 is 1.80 bits per heavy atom. The summed E-state index contributed by atoms with van der Waals surface area (Å²) >= 11 is 1.60. The number of hydrogen-bond acceptors (Lipinski definition) is 5. The molecule has 2 N–H and O–H groups in total. The second-order valence-corrected chi connectivity index (χ2v) is 8.79. The van der Waals surface area contributed by atoms with Crippen LogP contribution in [0.3, 0.4) is 0 Å². The Balaban J connectivity index is 2.21. The van der Waals surface area contributed by atoms with Crippen LogP contribution in [0.5, 0.6) is 5.75 Å². The van der Waals surface area contributed by atoms with E-state index in [1.165, 1.54) is 0 Å². The van der Waals surface area contributed by atoms with Crippen LogP contribution in [0.4, 0.5) is 10.5 Å². The minimum absolute atomic E-state index is 0.103. The van der Waals surface area contributed by atoms with Gasteiger partial charge < -0.3 is 14.6 Å². The monoisotopic (exact) mass is 431 g/mol. The minimum Gasteiger partial charge on any atom is -0.497 e. The Labute approximate surface area is 182 Å². The van der Waals surface area contributed by atoms with E-state index < -0.39 is 17.7 Å². The lowest BCUT2D eigenvalue weighted by atomic mass is 10.1. The lowest BCUT2D eigenvalue weighted by Crippen LogP contribution is -2.27. The fourth-order valence-corrected chi connectivity index (χ4v) is 3.91. The molecule has 0 saturated heterocycles. The molecule has 0 fully saturated rings. The number of carboxylic acids is 1. The Morgan fingerprint density at radius 3 is 2.40 bits per heavy atom. The molecule has 30 heavy (non-hydrogen) atoms. The van der Waals surface area contributed by atoms with Crippen molar-refractivity contribution in [1.29, 1.82) is 0 Å². The van der Waals surface area contributed by atoms with Crippen LogP contribution in [0.2, 0.25) is 0 Å². The molecule has 2 rings (SSSR count). The van der Waals surface area contributed by atoms with Gasteiger partial charge in [0, 0.05) is 17.1 Å². The predicted molar refractivity (Wildman–Crippen MR) is 119 cm³/mol. The van der Waals surface area contributed by atoms with Crippen LogP contribution in [0.25, 0.3) is 0 Å². The largest absolute Gasteiger partial charge is 0.497 e. The van der Waals surface area contributed by atoms with Crippen LogP contribution in [-0.2, 0) is 21.7 Å². The van der Waals surface area contributed by atoms with E-state index in [0.717, 1.165) is 21.8 Å². The molecule has 2 aromatic rings. The number of rotatable bonds is 9. The molecule has 0 unspecified atom stereocenters. The molecular weight excluding hydrogens is 402 g/mol. The van der Waals surface area contributed by atoms with Crippen LogP contribution >= 0.6 is 11.8 Å². The van der Waals surface area contributed by atoms with Gasteiger partial charge in [-0.3, -0.25) is 10.1 Å². The van der Waals surface area contributed by atoms with Crippen molar-refractivity contribution in [2.24, 2.45) is 0 Å². The van der Waals surface area contributed by atoms with Crippen LogP contribution in [0, 0.1) is 0 Å². The molecule has 0 spiro atoms. The first kappa shape index (κ1) is 23.6. The third-order valence-corrected chi connectivity index (χ3v) is 5.36. The number of thioether (sulfide) groups is 1. The Kier molecular flexibility index (Phi) is 8.59. The molecule has 0 aromatic heterocycles. The highest BCUT2D eigenvalue weighted by Crippen LogP contribution is 2.35. The number of ether oxygens (including phenoxy) is 2. The van der Waals surface area contributed by atoms with Crippen molar-refractivity contribution in [2.45, 2.75) is 56.3 Å². The first-order valence-corrected chi connectivity index (χ1v) is 10.8. The zero-order valence-corrected chi connectivity index (χ0v) is 18.7. The van der Waals surface area contributed by atoms with Crippen molar-refractivity contribution in [2.75, 3.05) is 12.4 Å². The first-order chi connectivity index (χ1) is 14.2. The lowest BCUT2D eigenvalue weighted by molar-refractivity contribution is -0.137. The van der Waals surface area contributed by atoms with E-state index in [-0.39, 0.29) is 6.42 Å². The maximum absolute atomic E-state index is 12.3. The maximum atomic E-state index is 12.3. The topological polar surface area (TPSA) is 84.9 Å². The van der Waals surface area contributed by atoms with E-state index in [1.807, 2.05) is 63.2 Å². The Bertz CT molecular complexity index is 859. The SMILES string of the molecule is COc1ccc(CSc2c(CCCC(=O)O)cccc2NC(=O)OC(C)(C)C)cc1. The van der Waals surface area contributed by atoms with Crippen LogP contribution in [0.1, 0.15) is 44.7 Å². The number of amides is 1. The fraction of sp³-hybridized carbons (Fsp3) is 0.391. The molecule has 6 nitrogen and oxygen atoms in total. The number of aryl methyl sites for hydroxylation is 1. The number of benzene rings is 2. The summed E-state index contributed by atoms with van der Waals surface area (Å²) in [7, 11) is 1.63. The molecule has 0 aliphatic rings. The maximum Gasteiger partial charge on any atom is 0.412 e. The fourth-order valence-electron chi connectivity index (χ4n) is 2.77. The lowest BCUT2D eigenvalue weighted by Gasteiger charge is -2.21. The molecule has 0 aliphatic heterocycles. The second-order valence-electron chi connectivity index (χ2n) is 7.80. The van der Waals surface area contributed by atoms with E-state index in [1.54, 1.807) is 18.9 Å². The number of carbonyl (C=O) groups excluding carboxylic acids is 1. The number of carbonyl (C=O) groups is 2. The van der Waals surface area contributed by atoms with Crippen LogP contribution in [0.15, 0.2) is 47.4 Å². The average molecular weight is 432 g/mol. The van der Waals surface area contributed by atoms with Crippen molar-refractivity contribution in [1.82, 2.24) is 0 Å². The standard InChI is InChI=1S/C23H29NO5S/c1-23(2,3)29-22(27)24-19-9-5-7-17(8-6-10-20(25)26)21(19)30-15-16-11-13-18(28-4)14-12-16/h5,7,9,11-14H,6,8,10,15H2,1-4H3,(H,24,27)(H,25,26). The summed E-state index contributed by atoms with van der Waals surface area (Å²) in [5.74, 6) is 0.679. The molecule has 162 valence electrons. The Morgan fingerprint density at radius 1 is 1.10 bits per heavy atom. The summed E-state index contributed by atoms with van der Waals surface area (Å²) in [5.41, 5.74) is 2.18. The molecule has 0 atom stereocenters. The summed E-state index contributed by atoms with van der Waals surface area (Å²) in [5, 5.41) is 11.8. The van der Waals surface area contributed by atoms with Crippen molar-refractivity contribution in [3.63, 3.8) is 0 Å². The van der Waals surface area contributed by atoms with Gasteiger partial charge in [-0.1, -0.05) is 24.3 Å². The number of aliphatic carboxylic acids is 1. The molecule has 1 amide bonds. The normalized spacial score (nSPS) is 11.1. The van der Waals surface area contributed by atoms with Gasteiger partial charge in [-0.15, -0.1) is 11.8 Å². The summed E-state index contributed by atoms with van der Waals surface area (Å²) < 4.78 is 10.6. The van der Waals surface area contributed by atoms with Crippen molar-refractivity contribution < 1.29 is 24.2 Å². The molecule has 0 bridgehead atoms. The van der Waals surface area contributed by atoms with Crippen molar-refractivity contribution in [3.8, 4) is 5.75 Å². The minimum atomic E-state index is -0.814. The summed E-state index contributed by atoms with van der Waals surface area (Å²) in [4.78, 5) is 24.1. The van der Waals surface area contributed by atoms with Gasteiger partial charge in [0.15, 0.2) is 0 Å². The molecule has 0 aliphatic carbocycles. The zero-order chi connectivity index (χ0) is 22.1. The highest BCUT2D eigenvalue weighted by molar-refractivity contribution is 7.98. The smallest absolute Gasteiger partial charge is 0.412 e. The highest BCUT2D eigenvalue weighted by atomic mass is 32.2. The molecule has 7 heteroatoms. The van der Waals surface area contributed by atoms with Gasteiger partial charge in [0.2, 0.25) is 0 Å². The van der Waals surface area contributed by atoms with E-state index in [0.29, 0.717) is 24.3 Å². The predicted octanol–water partition coefficient (Wildman–Crippen LogP) is 5.74. The third-order valence-electron chi connectivity index (χ3n) is 4.11. The van der Waals surface area contributed by atoms with Gasteiger partial charge in [-0.25, -0.2) is 4.79 Å². The van der Waals surface area contributed by atoms with Gasteiger partial charge in [-0.05, 0) is 62.9 Å². The van der Waals surface area contributed by atoms with Gasteiger partial charge in [0.05, 0.1) is 12.8 Å². The number of hydrogen-bond donors (Lipinski definition) is 2. The number of methoxy groups -OCH3 is 1. The van der Waals surface area contributed by atoms with E-state index in [2.05, 4.69) is 5.32 Å². The van der Waals surface area contributed by atoms with Crippen molar-refractivity contribution in [3.05, 3.63) is 53.6 Å². The van der Waals surface area contributed by atoms with Crippen LogP contribution < -0.4 is 10.1 Å². The van der Waals surface area contributed by atoms with Gasteiger partial charge in [-0.2, -0.15) is 0 Å². The van der Waals surface area contributed by atoms with Gasteiger partial charge in [0.1, 0.15) is 11.4 Å². The van der Waals surface area contributed by atoms with Gasteiger partial charge >= 0.3 is 12.1 Å². The molecule has 2 aromatic carbocycles. The van der Waals surface area contributed by atoms with E-state index in [4.69, 9.17) is 14.6 Å². The van der Waals surface area contributed by atoms with Gasteiger partial charge in [0.25, 0.3) is 0 Å². The quantitative estimate of drug-likeness (QED) is 0.492. The number of carboxylic acid groups (broad SMARTS) is 1. The summed E-state index contributed by atoms with van der Waals surface area (Å²) in [6, 6.07) is 13.5. The first-order valence-electron chi connectivity index (χ1n) is 9.77. The zero-order valence-electron chi connectivity index (χ0n) is 17.9. The third kappa shape index (κ3) is 7.99. The summed E-state index contributed by atoms with van der Waals surface area (Å²) in [6.45, 7) is 5.44. The van der Waals surface area contributed by atoms with Crippen LogP contribution in [-0.4, -0.2) is 29.9 Å². The molecular formula is C23H29NO5S. The number of nitrogens with one attached hydrogen (secondary N) is 1. The molecule has 0 saturated carbocycles. The number of anilines is 1. The Hall–Kier alpha value is -2.67. The highest BCUT2D eigenvalue weighted by Gasteiger charge is 2.18. The molecule has 0 heterocycles. The van der Waals surface area contributed by atoms with E-state index in [9.17, 15) is 9.59 Å². The second kappa shape index (κ2) is 10.9. The average Bonchev–Trinajstić information content (AvgIpc) is 2.66. The van der Waals surface area contributed by atoms with Crippen molar-refractivity contribution >= 4 is 29.5 Å². The summed E-state index contributed by atoms with van der Waals surface area (Å²) in [6.07, 6.45) is 0.728.